The highest BCUT2D eigenvalue weighted by molar-refractivity contribution is 7.13. The summed E-state index contributed by atoms with van der Waals surface area (Å²) in [5.41, 5.74) is 0.597. The van der Waals surface area contributed by atoms with Crippen LogP contribution in [-0.2, 0) is 11.3 Å². The minimum absolute atomic E-state index is 0.0888. The molecule has 1 aliphatic heterocycles. The zero-order valence-electron chi connectivity index (χ0n) is 16.5. The van der Waals surface area contributed by atoms with E-state index in [1.807, 2.05) is 19.1 Å². The molecule has 1 saturated heterocycles. The highest BCUT2D eigenvalue weighted by atomic mass is 35.5. The topological polar surface area (TPSA) is 63.7 Å². The Kier molecular flexibility index (Phi) is 6.93. The highest BCUT2D eigenvalue weighted by Gasteiger charge is 2.29. The van der Waals surface area contributed by atoms with Crippen LogP contribution in [0.1, 0.15) is 34.2 Å². The van der Waals surface area contributed by atoms with Crippen molar-refractivity contribution in [1.82, 2.24) is 15.2 Å². The van der Waals surface area contributed by atoms with E-state index in [2.05, 4.69) is 29.0 Å². The number of carbonyl (C=O) groups excluding carboxylic acids is 1. The maximum Gasteiger partial charge on any atom is 0.263 e. The summed E-state index contributed by atoms with van der Waals surface area (Å²) in [5.74, 6) is 0.629. The van der Waals surface area contributed by atoms with E-state index in [0.29, 0.717) is 23.1 Å². The largest absolute Gasteiger partial charge is 0.486 e. The van der Waals surface area contributed by atoms with Gasteiger partial charge in [-0.25, -0.2) is 4.98 Å². The third kappa shape index (κ3) is 5.44. The molecule has 8 heteroatoms. The second-order valence-electron chi connectivity index (χ2n) is 7.36. The Hall–Kier alpha value is -1.67. The predicted octanol–water partition coefficient (Wildman–Crippen LogP) is 3.52. The number of nitrogens with one attached hydrogen (secondary N) is 1. The van der Waals surface area contributed by atoms with Gasteiger partial charge in [0.25, 0.3) is 5.91 Å². The van der Waals surface area contributed by atoms with Gasteiger partial charge < -0.3 is 14.8 Å². The molecule has 28 heavy (non-hydrogen) atoms. The summed E-state index contributed by atoms with van der Waals surface area (Å²) in [6, 6.07) is 7.17. The average Bonchev–Trinajstić information content (AvgIpc) is 3.07. The maximum absolute atomic E-state index is 12.7. The van der Waals surface area contributed by atoms with E-state index in [-0.39, 0.29) is 11.4 Å². The number of aryl methyl sites for hydroxylation is 1. The average molecular weight is 424 g/mol. The number of amides is 1. The Morgan fingerprint density at radius 1 is 1.32 bits per heavy atom. The van der Waals surface area contributed by atoms with Crippen molar-refractivity contribution in [2.75, 3.05) is 32.8 Å². The fraction of sp³-hybridized carbons (Fsp3) is 0.500. The lowest BCUT2D eigenvalue weighted by atomic mass is 10.0. The first kappa shape index (κ1) is 21.0. The van der Waals surface area contributed by atoms with Crippen LogP contribution < -0.4 is 10.1 Å². The number of rotatable bonds is 7. The van der Waals surface area contributed by atoms with Crippen molar-refractivity contribution in [3.05, 3.63) is 44.9 Å². The van der Waals surface area contributed by atoms with Crippen LogP contribution in [0, 0.1) is 6.92 Å². The molecule has 6 nitrogen and oxygen atoms in total. The van der Waals surface area contributed by atoms with Gasteiger partial charge in [0.2, 0.25) is 0 Å². The van der Waals surface area contributed by atoms with Gasteiger partial charge in [-0.1, -0.05) is 11.6 Å². The molecular formula is C20H26ClN3O3S. The summed E-state index contributed by atoms with van der Waals surface area (Å²) in [6.07, 6.45) is 0. The molecule has 1 aromatic heterocycles. The van der Waals surface area contributed by atoms with Crippen molar-refractivity contribution < 1.29 is 14.3 Å². The molecule has 0 saturated carbocycles. The molecule has 0 aliphatic carbocycles. The summed E-state index contributed by atoms with van der Waals surface area (Å²) in [5, 5.41) is 4.50. The Morgan fingerprint density at radius 2 is 2.00 bits per heavy atom. The number of benzene rings is 1. The van der Waals surface area contributed by atoms with Gasteiger partial charge in [0.15, 0.2) is 0 Å². The van der Waals surface area contributed by atoms with Gasteiger partial charge in [0.05, 0.1) is 18.9 Å². The molecule has 1 aliphatic rings. The van der Waals surface area contributed by atoms with E-state index in [9.17, 15) is 4.79 Å². The summed E-state index contributed by atoms with van der Waals surface area (Å²) in [4.78, 5) is 20.1. The second kappa shape index (κ2) is 9.22. The lowest BCUT2D eigenvalue weighted by Crippen LogP contribution is -2.55. The van der Waals surface area contributed by atoms with Gasteiger partial charge in [-0.2, -0.15) is 0 Å². The Balaban J connectivity index is 1.55. The molecule has 0 unspecified atom stereocenters. The van der Waals surface area contributed by atoms with Crippen LogP contribution >= 0.6 is 22.9 Å². The Morgan fingerprint density at radius 3 is 2.68 bits per heavy atom. The van der Waals surface area contributed by atoms with Crippen molar-refractivity contribution in [3.8, 4) is 5.75 Å². The molecule has 3 rings (SSSR count). The second-order valence-corrected chi connectivity index (χ2v) is 8.88. The van der Waals surface area contributed by atoms with Gasteiger partial charge in [-0.3, -0.25) is 9.69 Å². The SMILES string of the molecule is Cc1nc(COc2ccc(Cl)cc2)sc1C(=O)NCC(C)(C)N1CCOCC1. The van der Waals surface area contributed by atoms with Crippen LogP contribution in [0.15, 0.2) is 24.3 Å². The highest BCUT2D eigenvalue weighted by Crippen LogP contribution is 2.22. The lowest BCUT2D eigenvalue weighted by molar-refractivity contribution is -0.00922. The van der Waals surface area contributed by atoms with Crippen LogP contribution in [0.25, 0.3) is 0 Å². The van der Waals surface area contributed by atoms with E-state index < -0.39 is 0 Å². The summed E-state index contributed by atoms with van der Waals surface area (Å²) in [7, 11) is 0. The van der Waals surface area contributed by atoms with Crippen LogP contribution in [0.5, 0.6) is 5.75 Å². The van der Waals surface area contributed by atoms with Crippen LogP contribution in [0.3, 0.4) is 0 Å². The molecule has 0 bridgehead atoms. The van der Waals surface area contributed by atoms with Gasteiger partial charge in [-0.15, -0.1) is 11.3 Å². The number of aromatic nitrogens is 1. The van der Waals surface area contributed by atoms with Crippen molar-refractivity contribution in [2.45, 2.75) is 32.9 Å². The van der Waals surface area contributed by atoms with Crippen LogP contribution in [0.2, 0.25) is 5.02 Å². The normalized spacial score (nSPS) is 15.4. The molecule has 2 aromatic rings. The van der Waals surface area contributed by atoms with Crippen molar-refractivity contribution in [2.24, 2.45) is 0 Å². The maximum atomic E-state index is 12.7. The first-order chi connectivity index (χ1) is 13.3. The molecular weight excluding hydrogens is 398 g/mol. The Labute approximate surface area is 174 Å². The zero-order valence-corrected chi connectivity index (χ0v) is 18.0. The van der Waals surface area contributed by atoms with Gasteiger partial charge in [-0.05, 0) is 45.0 Å². The summed E-state index contributed by atoms with van der Waals surface area (Å²) < 4.78 is 11.1. The molecule has 2 heterocycles. The predicted molar refractivity (Wildman–Crippen MR) is 111 cm³/mol. The molecule has 1 fully saturated rings. The summed E-state index contributed by atoms with van der Waals surface area (Å²) in [6.45, 7) is 10.3. The monoisotopic (exact) mass is 423 g/mol. The van der Waals surface area contributed by atoms with E-state index in [4.69, 9.17) is 21.1 Å². The quantitative estimate of drug-likeness (QED) is 0.738. The van der Waals surface area contributed by atoms with Crippen molar-refractivity contribution in [1.29, 1.82) is 0 Å². The number of carbonyl (C=O) groups is 1. The number of hydrogen-bond donors (Lipinski definition) is 1. The fourth-order valence-corrected chi connectivity index (χ4v) is 4.08. The third-order valence-corrected chi connectivity index (χ3v) is 6.15. The molecule has 1 amide bonds. The Bertz CT molecular complexity index is 802. The zero-order chi connectivity index (χ0) is 20.1. The number of thiazole rings is 1. The number of ether oxygens (including phenoxy) is 2. The third-order valence-electron chi connectivity index (χ3n) is 4.77. The van der Waals surface area contributed by atoms with E-state index in [0.717, 1.165) is 42.8 Å². The van der Waals surface area contributed by atoms with Gasteiger partial charge in [0, 0.05) is 30.2 Å². The van der Waals surface area contributed by atoms with Crippen molar-refractivity contribution >= 4 is 28.8 Å². The van der Waals surface area contributed by atoms with Gasteiger partial charge in [0.1, 0.15) is 22.2 Å². The van der Waals surface area contributed by atoms with Crippen LogP contribution in [-0.4, -0.2) is 54.2 Å². The molecule has 152 valence electrons. The minimum Gasteiger partial charge on any atom is -0.486 e. The molecule has 1 N–H and O–H groups in total. The molecule has 0 spiro atoms. The molecule has 0 radical (unpaired) electrons. The lowest BCUT2D eigenvalue weighted by Gasteiger charge is -2.40. The number of hydrogen-bond acceptors (Lipinski definition) is 6. The number of nitrogens with zero attached hydrogens (tertiary/aromatic N) is 2. The molecule has 1 aromatic carbocycles. The van der Waals surface area contributed by atoms with E-state index in [1.165, 1.54) is 11.3 Å². The smallest absolute Gasteiger partial charge is 0.263 e. The first-order valence-corrected chi connectivity index (χ1v) is 10.5. The molecule has 0 atom stereocenters. The van der Waals surface area contributed by atoms with Gasteiger partial charge >= 0.3 is 0 Å². The standard InChI is InChI=1S/C20H26ClN3O3S/c1-14-18(19(25)22-13-20(2,3)24-8-10-26-11-9-24)28-17(23-14)12-27-16-6-4-15(21)5-7-16/h4-7H,8-13H2,1-3H3,(H,22,25). The number of morpholine rings is 1. The van der Waals surface area contributed by atoms with E-state index in [1.54, 1.807) is 12.1 Å². The van der Waals surface area contributed by atoms with Crippen LogP contribution in [0.4, 0.5) is 0 Å². The van der Waals surface area contributed by atoms with Crippen molar-refractivity contribution in [3.63, 3.8) is 0 Å². The number of halogens is 1. The fourth-order valence-electron chi connectivity index (χ4n) is 3.06. The summed E-state index contributed by atoms with van der Waals surface area (Å²) >= 11 is 7.25. The first-order valence-electron chi connectivity index (χ1n) is 9.31. The van der Waals surface area contributed by atoms with E-state index >= 15 is 0 Å². The minimum atomic E-state index is -0.126.